The van der Waals surface area contributed by atoms with Crippen LogP contribution in [0.25, 0.3) is 33.4 Å². The molecule has 4 aromatic heterocycles. The average Bonchev–Trinajstić information content (AvgIpc) is 4.05. The highest BCUT2D eigenvalue weighted by Crippen LogP contribution is 2.33. The van der Waals surface area contributed by atoms with Gasteiger partial charge in [0, 0.05) is 48.3 Å². The lowest BCUT2D eigenvalue weighted by Gasteiger charge is -2.38. The summed E-state index contributed by atoms with van der Waals surface area (Å²) in [5.74, 6) is -2.20. The molecule has 2 aliphatic heterocycles. The molecule has 4 N–H and O–H groups in total. The van der Waals surface area contributed by atoms with E-state index < -0.39 is 60.0 Å². The van der Waals surface area contributed by atoms with Gasteiger partial charge in [-0.3, -0.25) is 19.1 Å². The van der Waals surface area contributed by atoms with Crippen molar-refractivity contribution in [2.24, 2.45) is 5.92 Å². The maximum Gasteiger partial charge on any atom is 0.248 e. The van der Waals surface area contributed by atoms with Crippen LogP contribution >= 0.6 is 15.9 Å². The van der Waals surface area contributed by atoms with Gasteiger partial charge in [0.1, 0.15) is 59.0 Å². The summed E-state index contributed by atoms with van der Waals surface area (Å²) in [5.41, 5.74) is 4.08. The zero-order valence-electron chi connectivity index (χ0n) is 36.6. The highest BCUT2D eigenvalue weighted by atomic mass is 79.9. The minimum Gasteiger partial charge on any atom is -0.388 e. The molecule has 3 aliphatic rings. The Morgan fingerprint density at radius 3 is 2.46 bits per heavy atom. The number of fused-ring (bicyclic) bond motifs is 1. The first-order valence-corrected chi connectivity index (χ1v) is 23.0. The van der Waals surface area contributed by atoms with Crippen LogP contribution in [0.3, 0.4) is 0 Å². The van der Waals surface area contributed by atoms with Crippen molar-refractivity contribution in [1.29, 1.82) is 0 Å². The third kappa shape index (κ3) is 10.4. The van der Waals surface area contributed by atoms with Gasteiger partial charge in [-0.15, -0.1) is 0 Å². The van der Waals surface area contributed by atoms with Crippen LogP contribution in [0, 0.1) is 17.6 Å². The van der Waals surface area contributed by atoms with Gasteiger partial charge >= 0.3 is 0 Å². The molecule has 354 valence electrons. The molecule has 0 spiro atoms. The zero-order chi connectivity index (χ0) is 47.6. The fourth-order valence-electron chi connectivity index (χ4n) is 9.15. The normalized spacial score (nSPS) is 23.8. The van der Waals surface area contributed by atoms with E-state index in [-0.39, 0.29) is 61.9 Å². The number of rotatable bonds is 14. The van der Waals surface area contributed by atoms with Crippen molar-refractivity contribution in [3.63, 3.8) is 0 Å². The van der Waals surface area contributed by atoms with E-state index in [0.717, 1.165) is 48.6 Å². The van der Waals surface area contributed by atoms with Crippen molar-refractivity contribution >= 4 is 56.1 Å². The molecule has 2 amide bonds. The second-order valence-electron chi connectivity index (χ2n) is 17.4. The molecule has 20 heteroatoms. The molecular formula is C48H47BrF3N9O7. The number of amides is 2. The molecule has 68 heavy (non-hydrogen) atoms. The number of aromatic nitrogens is 6. The number of likely N-dealkylation sites (tertiary alicyclic amines) is 1. The molecule has 8 atom stereocenters. The van der Waals surface area contributed by atoms with Gasteiger partial charge < -0.3 is 35.2 Å². The number of nitrogens with one attached hydrogen (secondary N) is 2. The van der Waals surface area contributed by atoms with E-state index in [4.69, 9.17) is 9.47 Å². The van der Waals surface area contributed by atoms with Gasteiger partial charge in [0.25, 0.3) is 0 Å². The Morgan fingerprint density at radius 2 is 1.71 bits per heavy atom. The quantitative estimate of drug-likeness (QED) is 0.0720. The first-order chi connectivity index (χ1) is 32.8. The number of ketones is 1. The van der Waals surface area contributed by atoms with Crippen LogP contribution in [-0.2, 0) is 32.0 Å². The van der Waals surface area contributed by atoms with Gasteiger partial charge in [-0.1, -0.05) is 36.4 Å². The van der Waals surface area contributed by atoms with Crippen molar-refractivity contribution in [3.8, 4) is 22.5 Å². The van der Waals surface area contributed by atoms with Gasteiger partial charge in [-0.25, -0.2) is 33.1 Å². The number of pyridine rings is 2. The van der Waals surface area contributed by atoms with Gasteiger partial charge in [-0.05, 0) is 82.9 Å². The molecule has 1 aliphatic carbocycles. The lowest BCUT2D eigenvalue weighted by molar-refractivity contribution is -0.165. The topological polar surface area (TPSA) is 207 Å². The number of ether oxygens (including phenoxy) is 2. The molecule has 2 saturated heterocycles. The van der Waals surface area contributed by atoms with E-state index >= 15 is 0 Å². The van der Waals surface area contributed by atoms with Gasteiger partial charge in [0.15, 0.2) is 23.2 Å². The Kier molecular flexibility index (Phi) is 13.9. The summed E-state index contributed by atoms with van der Waals surface area (Å²) in [4.78, 5) is 58.0. The fraction of sp³-hybridized carbons (Fsp3) is 0.375. The molecule has 2 aromatic carbocycles. The lowest BCUT2D eigenvalue weighted by Crippen LogP contribution is -2.57. The SMILES string of the molecule is CC(=O)c1nn(CC(=O)N2C[C@H](F)C[C@H]2C(=O)Nc2cccc(Br)n2)c2ccc(-c3cnc(-c4ccc(CC5CCC(OC[C@H]6OC[C@H](Nc7ncc(F)cc7F)[C@@H](O)[C@H]6O)C5)cc4)nc3)cc12. The highest BCUT2D eigenvalue weighted by Gasteiger charge is 2.41. The number of alkyl halides is 1. The van der Waals surface area contributed by atoms with E-state index in [0.29, 0.717) is 38.9 Å². The predicted molar refractivity (Wildman–Crippen MR) is 246 cm³/mol. The predicted octanol–water partition coefficient (Wildman–Crippen LogP) is 6.10. The summed E-state index contributed by atoms with van der Waals surface area (Å²) >= 11 is 3.26. The molecule has 2 unspecified atom stereocenters. The Labute approximate surface area is 396 Å². The summed E-state index contributed by atoms with van der Waals surface area (Å²) in [6.07, 6.45) is 2.79. The number of hydrogen-bond donors (Lipinski definition) is 4. The van der Waals surface area contributed by atoms with Crippen molar-refractivity contribution in [3.05, 3.63) is 113 Å². The summed E-state index contributed by atoms with van der Waals surface area (Å²) in [6, 6.07) is 17.2. The third-order valence-corrected chi connectivity index (χ3v) is 13.1. The highest BCUT2D eigenvalue weighted by molar-refractivity contribution is 9.10. The van der Waals surface area contributed by atoms with Crippen LogP contribution in [0.1, 0.15) is 48.7 Å². The summed E-state index contributed by atoms with van der Waals surface area (Å²) < 4.78 is 55.8. The molecule has 1 saturated carbocycles. The first kappa shape index (κ1) is 46.9. The standard InChI is InChI=1S/C48H47BrF3N9O7/c1-25(62)43-34-15-29(10-12-37(34)61(59-43)22-42(63)60-21-32(51)17-38(60)48(66)58-41-4-2-3-40(49)57-41)30-18-53-46(54-19-30)28-8-5-26(6-9-28)13-27-7-11-33(14-27)67-24-39-45(65)44(64)36(23-68-39)56-47-35(52)16-31(50)20-55-47/h2-6,8-10,12,15-16,18-20,27,32-33,36,38-39,44-45,64-65H,7,11,13-14,17,21-24H2,1H3,(H,55,56)(H,57,58,66)/t27?,32-,33?,36+,38+,39-,44-,45+/m1/s1. The third-order valence-electron chi connectivity index (χ3n) is 12.7. The number of anilines is 2. The molecule has 6 heterocycles. The number of aliphatic hydroxyl groups excluding tert-OH is 2. The summed E-state index contributed by atoms with van der Waals surface area (Å²) in [6.45, 7) is 0.869. The van der Waals surface area contributed by atoms with Crippen molar-refractivity contribution < 1.29 is 47.2 Å². The van der Waals surface area contributed by atoms with Crippen molar-refractivity contribution in [2.45, 2.75) is 88.2 Å². The van der Waals surface area contributed by atoms with Crippen LogP contribution in [-0.4, -0.2) is 125 Å². The number of aliphatic hydroxyl groups is 2. The fourth-order valence-corrected chi connectivity index (χ4v) is 9.50. The second kappa shape index (κ2) is 20.2. The number of nitrogens with zero attached hydrogens (tertiary/aromatic N) is 7. The molecular weight excluding hydrogens is 951 g/mol. The zero-order valence-corrected chi connectivity index (χ0v) is 38.2. The summed E-state index contributed by atoms with van der Waals surface area (Å²) in [5, 5.41) is 31.8. The molecule has 0 bridgehead atoms. The number of carbonyl (C=O) groups is 3. The molecule has 0 radical (unpaired) electrons. The number of hydrogen-bond acceptors (Lipinski definition) is 13. The average molecular weight is 999 g/mol. The van der Waals surface area contributed by atoms with Gasteiger partial charge in [0.05, 0.1) is 43.6 Å². The van der Waals surface area contributed by atoms with Gasteiger partial charge in [-0.2, -0.15) is 5.10 Å². The van der Waals surface area contributed by atoms with Crippen molar-refractivity contribution in [2.75, 3.05) is 30.4 Å². The number of benzene rings is 2. The van der Waals surface area contributed by atoms with Crippen molar-refractivity contribution in [1.82, 2.24) is 34.6 Å². The molecule has 9 rings (SSSR count). The van der Waals surface area contributed by atoms with Crippen LogP contribution in [0.15, 0.2) is 89.9 Å². The van der Waals surface area contributed by atoms with Crippen LogP contribution in [0.2, 0.25) is 0 Å². The molecule has 3 fully saturated rings. The maximum absolute atomic E-state index is 14.7. The van der Waals surface area contributed by atoms with Crippen LogP contribution in [0.4, 0.5) is 24.8 Å². The molecule has 16 nitrogen and oxygen atoms in total. The maximum atomic E-state index is 14.7. The Bertz CT molecular complexity index is 2820. The Hall–Kier alpha value is -6.19. The van der Waals surface area contributed by atoms with Crippen LogP contribution < -0.4 is 10.6 Å². The van der Waals surface area contributed by atoms with Gasteiger partial charge in [0.2, 0.25) is 11.8 Å². The summed E-state index contributed by atoms with van der Waals surface area (Å²) in [7, 11) is 0. The first-order valence-electron chi connectivity index (χ1n) is 22.2. The lowest BCUT2D eigenvalue weighted by atomic mass is 9.97. The van der Waals surface area contributed by atoms with E-state index in [1.807, 2.05) is 18.2 Å². The minimum absolute atomic E-state index is 0.0355. The molecule has 6 aromatic rings. The number of carbonyl (C=O) groups excluding carboxylic acids is 3. The smallest absolute Gasteiger partial charge is 0.248 e. The monoisotopic (exact) mass is 997 g/mol. The number of Topliss-reactive ketones (excluding diaryl/α,β-unsaturated/α-hetero) is 1. The minimum atomic E-state index is -1.39. The van der Waals surface area contributed by atoms with E-state index in [1.54, 1.807) is 42.7 Å². The van der Waals surface area contributed by atoms with E-state index in [9.17, 15) is 37.8 Å². The Balaban J connectivity index is 0.779. The van der Waals surface area contributed by atoms with E-state index in [1.165, 1.54) is 16.5 Å². The van der Waals surface area contributed by atoms with Crippen LogP contribution in [0.5, 0.6) is 0 Å². The van der Waals surface area contributed by atoms with E-state index in [2.05, 4.69) is 63.7 Å². The number of halogens is 4. The largest absolute Gasteiger partial charge is 0.388 e. The Morgan fingerprint density at radius 1 is 0.926 bits per heavy atom. The second-order valence-corrected chi connectivity index (χ2v) is 18.3.